The highest BCUT2D eigenvalue weighted by Gasteiger charge is 2.35. The van der Waals surface area contributed by atoms with Gasteiger partial charge in [0.2, 0.25) is 0 Å². The van der Waals surface area contributed by atoms with E-state index in [1.165, 1.54) is 24.3 Å². The highest BCUT2D eigenvalue weighted by atomic mass is 16.6. The lowest BCUT2D eigenvalue weighted by Gasteiger charge is -2.34. The van der Waals surface area contributed by atoms with Crippen LogP contribution >= 0.6 is 0 Å². The molecule has 2 heterocycles. The number of nitrogens with zero attached hydrogens (tertiary/aromatic N) is 4. The van der Waals surface area contributed by atoms with E-state index < -0.39 is 15.8 Å². The summed E-state index contributed by atoms with van der Waals surface area (Å²) in [7, 11) is 0. The van der Waals surface area contributed by atoms with E-state index >= 15 is 0 Å². The molecule has 0 unspecified atom stereocenters. The quantitative estimate of drug-likeness (QED) is 0.0351. The number of carboxylic acid groups (broad SMARTS) is 1. The number of fused-ring (bicyclic) bond motifs is 2. The van der Waals surface area contributed by atoms with Crippen molar-refractivity contribution in [2.45, 2.75) is 51.4 Å². The highest BCUT2D eigenvalue weighted by molar-refractivity contribution is 6.29. The summed E-state index contributed by atoms with van der Waals surface area (Å²) < 4.78 is 22.8. The number of aromatic nitrogens is 1. The largest absolute Gasteiger partial charge is 0.478 e. The summed E-state index contributed by atoms with van der Waals surface area (Å²) in [6.07, 6.45) is 5.13. The van der Waals surface area contributed by atoms with Crippen molar-refractivity contribution >= 4 is 56.9 Å². The molecule has 0 amide bonds. The lowest BCUT2D eigenvalue weighted by Crippen LogP contribution is -2.39. The highest BCUT2D eigenvalue weighted by Crippen LogP contribution is 2.47. The number of rotatable bonds is 23. The molecule has 0 radical (unpaired) electrons. The van der Waals surface area contributed by atoms with Gasteiger partial charge < -0.3 is 34.1 Å². The number of nitrogens with one attached hydrogen (secondary N) is 1. The normalized spacial score (nSPS) is 14.5. The number of carbonyl (C=O) groups is 3. The van der Waals surface area contributed by atoms with Gasteiger partial charge in [0, 0.05) is 67.1 Å². The predicted molar refractivity (Wildman–Crippen MR) is 229 cm³/mol. The van der Waals surface area contributed by atoms with Crippen molar-refractivity contribution in [2.75, 3.05) is 62.9 Å². The van der Waals surface area contributed by atoms with Crippen LogP contribution in [0.4, 0.5) is 28.4 Å². The number of ether oxygens (including phenoxy) is 3. The summed E-state index contributed by atoms with van der Waals surface area (Å²) in [5, 5.41) is 40.2. The first-order chi connectivity index (χ1) is 30.1. The van der Waals surface area contributed by atoms with Crippen LogP contribution < -0.4 is 10.2 Å². The van der Waals surface area contributed by atoms with E-state index in [1.54, 1.807) is 24.3 Å². The van der Waals surface area contributed by atoms with Gasteiger partial charge in [-0.25, -0.2) is 4.79 Å². The summed E-state index contributed by atoms with van der Waals surface area (Å²) in [5.74, 6) is -0.765. The average molecular weight is 850 g/mol. The fourth-order valence-electron chi connectivity index (χ4n) is 8.04. The Bertz CT molecular complexity index is 2470. The zero-order valence-electron chi connectivity index (χ0n) is 34.0. The molecule has 0 saturated carbocycles. The predicted octanol–water partition coefficient (Wildman–Crippen LogP) is 8.33. The summed E-state index contributed by atoms with van der Waals surface area (Å²) in [4.78, 5) is 62.4. The SMILES string of the molecule is O=C(O)c1cccc(Nc2cc(N3CCC[C@H](C(=O)CCCCOCCOCCOCCCCc4ccc([N+](=O)[O-])cc4[N+](=O)[O-])C3)c3noc4c3c2C(=O)c2ccccc2-4)c1. The van der Waals surface area contributed by atoms with Gasteiger partial charge in [0.15, 0.2) is 11.5 Å². The van der Waals surface area contributed by atoms with Gasteiger partial charge in [-0.15, -0.1) is 0 Å². The van der Waals surface area contributed by atoms with Gasteiger partial charge in [0.1, 0.15) is 11.3 Å². The zero-order valence-corrected chi connectivity index (χ0v) is 34.0. The number of carboxylic acids is 1. The molecule has 1 aromatic heterocycles. The Kier molecular flexibility index (Phi) is 14.3. The summed E-state index contributed by atoms with van der Waals surface area (Å²) in [6, 6.07) is 19.2. The topological polar surface area (TPSA) is 227 Å². The smallest absolute Gasteiger partial charge is 0.335 e. The van der Waals surface area contributed by atoms with Crippen molar-refractivity contribution < 1.29 is 48.1 Å². The monoisotopic (exact) mass is 849 g/mol. The maximum Gasteiger partial charge on any atom is 0.335 e. The van der Waals surface area contributed by atoms with E-state index in [-0.39, 0.29) is 34.4 Å². The average Bonchev–Trinajstić information content (AvgIpc) is 3.72. The zero-order chi connectivity index (χ0) is 43.6. The van der Waals surface area contributed by atoms with E-state index in [0.29, 0.717) is 135 Å². The second kappa shape index (κ2) is 20.3. The van der Waals surface area contributed by atoms with Crippen molar-refractivity contribution in [3.63, 3.8) is 0 Å². The number of ketones is 2. The number of piperidine rings is 1. The number of carbonyl (C=O) groups excluding carboxylic acids is 2. The molecule has 1 aliphatic heterocycles. The number of non-ortho nitro benzene ring substituents is 1. The first kappa shape index (κ1) is 43.5. The molecule has 7 rings (SSSR count). The molecule has 4 aromatic carbocycles. The summed E-state index contributed by atoms with van der Waals surface area (Å²) >= 11 is 0. The molecule has 0 spiro atoms. The molecule has 1 fully saturated rings. The van der Waals surface area contributed by atoms with Crippen molar-refractivity contribution in [3.05, 3.63) is 115 Å². The van der Waals surface area contributed by atoms with Crippen LogP contribution in [0.15, 0.2) is 77.3 Å². The molecule has 1 saturated heterocycles. The third-order valence-corrected chi connectivity index (χ3v) is 11.2. The second-order valence-electron chi connectivity index (χ2n) is 15.3. The van der Waals surface area contributed by atoms with E-state index in [0.717, 1.165) is 31.0 Å². The van der Waals surface area contributed by atoms with Crippen LogP contribution in [-0.2, 0) is 25.4 Å². The Morgan fingerprint density at radius 2 is 1.58 bits per heavy atom. The number of hydrogen-bond donors (Lipinski definition) is 2. The van der Waals surface area contributed by atoms with Crippen molar-refractivity contribution in [3.8, 4) is 11.3 Å². The minimum Gasteiger partial charge on any atom is -0.478 e. The van der Waals surface area contributed by atoms with Gasteiger partial charge in [-0.05, 0) is 75.3 Å². The summed E-state index contributed by atoms with van der Waals surface area (Å²) in [5.41, 5.74) is 3.81. The Morgan fingerprint density at radius 3 is 2.31 bits per heavy atom. The molecule has 0 bridgehead atoms. The first-order valence-electron chi connectivity index (χ1n) is 20.7. The van der Waals surface area contributed by atoms with E-state index in [1.807, 2.05) is 18.2 Å². The number of unbranched alkanes of at least 4 members (excludes halogenated alkanes) is 2. The standard InChI is InChI=1S/C45H47N5O12/c51-39(15-4-6-20-60-22-24-61-23-21-59-19-5-3-9-29-16-17-33(49(55)56)26-37(29)50(57)58)31-11-8-18-48(28-31)38-27-36(46-32-12-7-10-30(25-32)45(53)54)40-41-42(38)47-62-44(41)35-14-2-1-13-34(35)43(40)52/h1-2,7,10,12-14,16-17,25-27,31,46H,3-6,8-9,11,15,18-24,28H2,(H,53,54)/t31-/m0/s1. The van der Waals surface area contributed by atoms with Gasteiger partial charge >= 0.3 is 5.97 Å². The fourth-order valence-corrected chi connectivity index (χ4v) is 8.04. The molecular formula is C45H47N5O12. The van der Waals surface area contributed by atoms with Crippen molar-refractivity contribution in [1.29, 1.82) is 0 Å². The molecule has 1 atom stereocenters. The van der Waals surface area contributed by atoms with Gasteiger partial charge in [0.05, 0.1) is 70.2 Å². The van der Waals surface area contributed by atoms with Crippen LogP contribution in [0.3, 0.4) is 0 Å². The van der Waals surface area contributed by atoms with E-state index in [4.69, 9.17) is 18.7 Å². The van der Waals surface area contributed by atoms with Crippen molar-refractivity contribution in [1.82, 2.24) is 5.16 Å². The Morgan fingerprint density at radius 1 is 0.855 bits per heavy atom. The molecule has 2 aliphatic rings. The van der Waals surface area contributed by atoms with Crippen LogP contribution in [0.1, 0.15) is 76.8 Å². The van der Waals surface area contributed by atoms with Gasteiger partial charge in [-0.3, -0.25) is 29.8 Å². The molecule has 5 aromatic rings. The second-order valence-corrected chi connectivity index (χ2v) is 15.3. The van der Waals surface area contributed by atoms with Crippen LogP contribution in [0, 0.1) is 26.1 Å². The van der Waals surface area contributed by atoms with E-state index in [2.05, 4.69) is 15.4 Å². The Balaban J connectivity index is 0.836. The first-order valence-corrected chi connectivity index (χ1v) is 20.7. The van der Waals surface area contributed by atoms with Gasteiger partial charge in [-0.2, -0.15) is 0 Å². The molecule has 17 heteroatoms. The molecule has 62 heavy (non-hydrogen) atoms. The van der Waals surface area contributed by atoms with Crippen LogP contribution in [0.5, 0.6) is 0 Å². The minimum absolute atomic E-state index is 0.105. The number of aromatic carboxylic acids is 1. The maximum absolute atomic E-state index is 14.0. The molecule has 17 nitrogen and oxygen atoms in total. The molecule has 2 N–H and O–H groups in total. The van der Waals surface area contributed by atoms with Gasteiger partial charge in [0.25, 0.3) is 11.4 Å². The summed E-state index contributed by atoms with van der Waals surface area (Å²) in [6.45, 7) is 3.72. The fraction of sp³-hybridized carbons (Fsp3) is 0.378. The number of nitro groups is 2. The van der Waals surface area contributed by atoms with Crippen LogP contribution in [0.25, 0.3) is 22.2 Å². The lowest BCUT2D eigenvalue weighted by atomic mass is 9.85. The number of hydrogen-bond acceptors (Lipinski definition) is 14. The van der Waals surface area contributed by atoms with Crippen LogP contribution in [0.2, 0.25) is 0 Å². The molecule has 1 aliphatic carbocycles. The molecule has 324 valence electrons. The van der Waals surface area contributed by atoms with E-state index in [9.17, 15) is 39.7 Å². The number of aryl methyl sites for hydroxylation is 1. The Labute approximate surface area is 356 Å². The number of Topliss-reactive ketones (excluding diaryl/α,β-unsaturated/α-hetero) is 1. The third-order valence-electron chi connectivity index (χ3n) is 11.2. The number of benzene rings is 4. The van der Waals surface area contributed by atoms with Crippen LogP contribution in [-0.4, -0.2) is 90.4 Å². The lowest BCUT2D eigenvalue weighted by molar-refractivity contribution is -0.394. The number of nitro benzene ring substituents is 2. The minimum atomic E-state index is -1.07. The third kappa shape index (κ3) is 10.1. The Hall–Kier alpha value is -6.56. The maximum atomic E-state index is 14.0. The van der Waals surface area contributed by atoms with Crippen molar-refractivity contribution in [2.24, 2.45) is 5.92 Å². The molecular weight excluding hydrogens is 803 g/mol. The van der Waals surface area contributed by atoms with Gasteiger partial charge in [-0.1, -0.05) is 35.5 Å². The number of anilines is 3.